The van der Waals surface area contributed by atoms with E-state index < -0.39 is 0 Å². The maximum atomic E-state index is 5.20. The fourth-order valence-electron chi connectivity index (χ4n) is 3.62. The van der Waals surface area contributed by atoms with Gasteiger partial charge >= 0.3 is 0 Å². The minimum Gasteiger partial charge on any atom is -0.380 e. The van der Waals surface area contributed by atoms with Crippen molar-refractivity contribution in [3.8, 4) is 11.3 Å². The van der Waals surface area contributed by atoms with Gasteiger partial charge in [-0.25, -0.2) is 4.98 Å². The normalized spacial score (nSPS) is 15.1. The minimum atomic E-state index is 0.618. The number of nitrogens with zero attached hydrogens (tertiary/aromatic N) is 6. The van der Waals surface area contributed by atoms with Crippen molar-refractivity contribution in [3.05, 3.63) is 60.2 Å². The minimum absolute atomic E-state index is 0.618. The molecule has 0 aliphatic carbocycles. The SMILES string of the molecule is COCc1ccc(-c2nccnc2N2CCN(Cc3cnn(C)c3)CC2)cc1. The molecule has 7 heteroatoms. The Morgan fingerprint density at radius 3 is 2.39 bits per heavy atom. The summed E-state index contributed by atoms with van der Waals surface area (Å²) in [4.78, 5) is 14.1. The van der Waals surface area contributed by atoms with Gasteiger partial charge in [-0.05, 0) is 5.56 Å². The summed E-state index contributed by atoms with van der Waals surface area (Å²) in [6, 6.07) is 8.37. The number of benzene rings is 1. The van der Waals surface area contributed by atoms with E-state index in [1.807, 2.05) is 17.9 Å². The lowest BCUT2D eigenvalue weighted by molar-refractivity contribution is 0.185. The topological polar surface area (TPSA) is 59.3 Å². The fourth-order valence-corrected chi connectivity index (χ4v) is 3.62. The molecule has 0 N–H and O–H groups in total. The van der Waals surface area contributed by atoms with Crippen LogP contribution in [0.1, 0.15) is 11.1 Å². The summed E-state index contributed by atoms with van der Waals surface area (Å²) in [6.45, 7) is 5.43. The number of aromatic nitrogens is 4. The molecular formula is C21H26N6O. The highest BCUT2D eigenvalue weighted by Gasteiger charge is 2.21. The van der Waals surface area contributed by atoms with Crippen molar-refractivity contribution >= 4 is 5.82 Å². The highest BCUT2D eigenvalue weighted by molar-refractivity contribution is 5.72. The van der Waals surface area contributed by atoms with Crippen LogP contribution in [0, 0.1) is 0 Å². The lowest BCUT2D eigenvalue weighted by Crippen LogP contribution is -2.46. The molecule has 2 aromatic heterocycles. The zero-order chi connectivity index (χ0) is 19.3. The Labute approximate surface area is 165 Å². The summed E-state index contributed by atoms with van der Waals surface area (Å²) in [5, 5.41) is 4.26. The van der Waals surface area contributed by atoms with Gasteiger partial charge in [-0.2, -0.15) is 5.10 Å². The third kappa shape index (κ3) is 4.21. The largest absolute Gasteiger partial charge is 0.380 e. The van der Waals surface area contributed by atoms with Crippen LogP contribution >= 0.6 is 0 Å². The van der Waals surface area contributed by atoms with Crippen LogP contribution in [0.15, 0.2) is 49.1 Å². The first-order chi connectivity index (χ1) is 13.7. The number of rotatable bonds is 6. The van der Waals surface area contributed by atoms with Crippen molar-refractivity contribution in [2.45, 2.75) is 13.2 Å². The van der Waals surface area contributed by atoms with Crippen LogP contribution in [0.5, 0.6) is 0 Å². The van der Waals surface area contributed by atoms with Crippen LogP contribution in [0.3, 0.4) is 0 Å². The molecule has 0 spiro atoms. The van der Waals surface area contributed by atoms with Crippen molar-refractivity contribution in [2.24, 2.45) is 7.05 Å². The first kappa shape index (κ1) is 18.6. The van der Waals surface area contributed by atoms with Crippen LogP contribution in [0.4, 0.5) is 5.82 Å². The Bertz CT molecular complexity index is 899. The fraction of sp³-hybridized carbons (Fsp3) is 0.381. The summed E-state index contributed by atoms with van der Waals surface area (Å²) in [7, 11) is 3.67. The smallest absolute Gasteiger partial charge is 0.155 e. The molecule has 1 saturated heterocycles. The second-order valence-corrected chi connectivity index (χ2v) is 7.14. The predicted octanol–water partition coefficient (Wildman–Crippen LogP) is 2.35. The van der Waals surface area contributed by atoms with Crippen LogP contribution in [0.25, 0.3) is 11.3 Å². The molecule has 0 bridgehead atoms. The lowest BCUT2D eigenvalue weighted by atomic mass is 10.1. The van der Waals surface area contributed by atoms with Gasteiger partial charge in [0.2, 0.25) is 0 Å². The van der Waals surface area contributed by atoms with Crippen LogP contribution in [0.2, 0.25) is 0 Å². The maximum absolute atomic E-state index is 5.20. The molecule has 0 saturated carbocycles. The Morgan fingerprint density at radius 1 is 0.964 bits per heavy atom. The van der Waals surface area contributed by atoms with Gasteiger partial charge in [-0.1, -0.05) is 24.3 Å². The van der Waals surface area contributed by atoms with E-state index in [0.29, 0.717) is 6.61 Å². The molecule has 1 aromatic carbocycles. The number of anilines is 1. The van der Waals surface area contributed by atoms with E-state index in [1.54, 1.807) is 19.5 Å². The van der Waals surface area contributed by atoms with E-state index in [4.69, 9.17) is 4.74 Å². The summed E-state index contributed by atoms with van der Waals surface area (Å²) in [6.07, 6.45) is 7.57. The predicted molar refractivity (Wildman–Crippen MR) is 109 cm³/mol. The molecule has 28 heavy (non-hydrogen) atoms. The first-order valence-electron chi connectivity index (χ1n) is 9.57. The van der Waals surface area contributed by atoms with E-state index in [9.17, 15) is 0 Å². The second kappa shape index (κ2) is 8.50. The molecular weight excluding hydrogens is 352 g/mol. The summed E-state index contributed by atoms with van der Waals surface area (Å²) in [5.41, 5.74) is 4.43. The van der Waals surface area contributed by atoms with Crippen LogP contribution in [-0.2, 0) is 24.9 Å². The monoisotopic (exact) mass is 378 g/mol. The Kier molecular flexibility index (Phi) is 5.64. The third-order valence-corrected chi connectivity index (χ3v) is 5.05. The Morgan fingerprint density at radius 2 is 1.71 bits per heavy atom. The van der Waals surface area contributed by atoms with Crippen molar-refractivity contribution in [1.82, 2.24) is 24.6 Å². The van der Waals surface area contributed by atoms with Gasteiger partial charge in [0.25, 0.3) is 0 Å². The standard InChI is InChI=1S/C21H26N6O/c1-25-14-18(13-24-25)15-26-9-11-27(12-10-26)21-20(22-7-8-23-21)19-5-3-17(4-6-19)16-28-2/h3-8,13-14H,9-12,15-16H2,1-2H3. The molecule has 1 aliphatic rings. The zero-order valence-corrected chi connectivity index (χ0v) is 16.5. The average Bonchev–Trinajstić information content (AvgIpc) is 3.14. The molecule has 0 unspecified atom stereocenters. The van der Waals surface area contributed by atoms with Crippen molar-refractivity contribution in [1.29, 1.82) is 0 Å². The van der Waals surface area contributed by atoms with Crippen molar-refractivity contribution in [2.75, 3.05) is 38.2 Å². The van der Waals surface area contributed by atoms with Crippen molar-refractivity contribution in [3.63, 3.8) is 0 Å². The van der Waals surface area contributed by atoms with E-state index in [-0.39, 0.29) is 0 Å². The highest BCUT2D eigenvalue weighted by Crippen LogP contribution is 2.27. The second-order valence-electron chi connectivity index (χ2n) is 7.14. The molecule has 1 fully saturated rings. The number of piperazine rings is 1. The number of aryl methyl sites for hydroxylation is 1. The van der Waals surface area contributed by atoms with Crippen LogP contribution in [-0.4, -0.2) is 57.9 Å². The lowest BCUT2D eigenvalue weighted by Gasteiger charge is -2.35. The van der Waals surface area contributed by atoms with E-state index in [0.717, 1.165) is 55.4 Å². The van der Waals surface area contributed by atoms with Gasteiger partial charge in [0, 0.05) is 76.6 Å². The summed E-state index contributed by atoms with van der Waals surface area (Å²) < 4.78 is 7.06. The molecule has 4 rings (SSSR count). The highest BCUT2D eigenvalue weighted by atomic mass is 16.5. The van der Waals surface area contributed by atoms with Gasteiger partial charge in [0.05, 0.1) is 12.8 Å². The molecule has 3 aromatic rings. The Hall–Kier alpha value is -2.77. The molecule has 7 nitrogen and oxygen atoms in total. The third-order valence-electron chi connectivity index (χ3n) is 5.05. The zero-order valence-electron chi connectivity index (χ0n) is 16.5. The van der Waals surface area contributed by atoms with Crippen LogP contribution < -0.4 is 4.90 Å². The quantitative estimate of drug-likeness (QED) is 0.656. The molecule has 3 heterocycles. The summed E-state index contributed by atoms with van der Waals surface area (Å²) in [5.74, 6) is 0.961. The molecule has 146 valence electrons. The van der Waals surface area contributed by atoms with Gasteiger partial charge in [0.15, 0.2) is 5.82 Å². The van der Waals surface area contributed by atoms with E-state index in [2.05, 4.69) is 55.3 Å². The van der Waals surface area contributed by atoms with Gasteiger partial charge in [-0.3, -0.25) is 14.6 Å². The van der Waals surface area contributed by atoms with E-state index >= 15 is 0 Å². The first-order valence-corrected chi connectivity index (χ1v) is 9.57. The molecule has 1 aliphatic heterocycles. The molecule has 0 amide bonds. The number of hydrogen-bond acceptors (Lipinski definition) is 6. The molecule has 0 atom stereocenters. The van der Waals surface area contributed by atoms with E-state index in [1.165, 1.54) is 5.56 Å². The average molecular weight is 378 g/mol. The number of ether oxygens (including phenoxy) is 1. The maximum Gasteiger partial charge on any atom is 0.155 e. The Balaban J connectivity index is 1.45. The number of methoxy groups -OCH3 is 1. The molecule has 0 radical (unpaired) electrons. The van der Waals surface area contributed by atoms with Gasteiger partial charge < -0.3 is 9.64 Å². The van der Waals surface area contributed by atoms with Crippen molar-refractivity contribution < 1.29 is 4.74 Å². The summed E-state index contributed by atoms with van der Waals surface area (Å²) >= 11 is 0. The number of hydrogen-bond donors (Lipinski definition) is 0. The van der Waals surface area contributed by atoms with Gasteiger partial charge in [0.1, 0.15) is 5.69 Å². The van der Waals surface area contributed by atoms with Gasteiger partial charge in [-0.15, -0.1) is 0 Å².